The van der Waals surface area contributed by atoms with Crippen LogP contribution in [-0.2, 0) is 6.42 Å². The lowest BCUT2D eigenvalue weighted by Crippen LogP contribution is -2.21. The van der Waals surface area contributed by atoms with Crippen molar-refractivity contribution in [2.24, 2.45) is 0 Å². The standard InChI is InChI=1S/C16H16BrN3/c1-20(9-8-13-4-2-3-5-14(13)17)16-7-6-12(11-18)10-15(16)19/h2-7,10H,8-9,19H2,1H3. The quantitative estimate of drug-likeness (QED) is 0.872. The van der Waals surface area contributed by atoms with Crippen LogP contribution in [-0.4, -0.2) is 13.6 Å². The van der Waals surface area contributed by atoms with E-state index < -0.39 is 0 Å². The number of hydrogen-bond acceptors (Lipinski definition) is 3. The lowest BCUT2D eigenvalue weighted by atomic mass is 10.1. The highest BCUT2D eigenvalue weighted by molar-refractivity contribution is 9.10. The SMILES string of the molecule is CN(CCc1ccccc1Br)c1ccc(C#N)cc1N. The van der Waals surface area contributed by atoms with E-state index in [2.05, 4.69) is 33.0 Å². The summed E-state index contributed by atoms with van der Waals surface area (Å²) in [6, 6.07) is 15.7. The molecule has 0 saturated heterocycles. The predicted molar refractivity (Wildman–Crippen MR) is 86.7 cm³/mol. The van der Waals surface area contributed by atoms with Gasteiger partial charge in [-0.15, -0.1) is 0 Å². The summed E-state index contributed by atoms with van der Waals surface area (Å²) >= 11 is 3.56. The fourth-order valence-corrected chi connectivity index (χ4v) is 2.56. The Kier molecular flexibility index (Phi) is 4.65. The van der Waals surface area contributed by atoms with E-state index in [0.717, 1.165) is 23.1 Å². The first-order valence-electron chi connectivity index (χ1n) is 6.36. The summed E-state index contributed by atoms with van der Waals surface area (Å²) < 4.78 is 1.13. The maximum Gasteiger partial charge on any atom is 0.0992 e. The highest BCUT2D eigenvalue weighted by atomic mass is 79.9. The number of benzene rings is 2. The molecule has 0 aliphatic heterocycles. The van der Waals surface area contributed by atoms with Crippen molar-refractivity contribution in [3.8, 4) is 6.07 Å². The minimum Gasteiger partial charge on any atom is -0.397 e. The van der Waals surface area contributed by atoms with Crippen LogP contribution in [0.2, 0.25) is 0 Å². The van der Waals surface area contributed by atoms with E-state index in [9.17, 15) is 0 Å². The minimum atomic E-state index is 0.588. The first kappa shape index (κ1) is 14.4. The normalized spacial score (nSPS) is 10.1. The van der Waals surface area contributed by atoms with E-state index in [-0.39, 0.29) is 0 Å². The second-order valence-electron chi connectivity index (χ2n) is 4.65. The van der Waals surface area contributed by atoms with Gasteiger partial charge in [-0.2, -0.15) is 5.26 Å². The summed E-state index contributed by atoms with van der Waals surface area (Å²) in [5.41, 5.74) is 9.45. The molecule has 0 aromatic heterocycles. The fourth-order valence-electron chi connectivity index (χ4n) is 2.08. The summed E-state index contributed by atoms with van der Waals surface area (Å²) in [5.74, 6) is 0. The summed E-state index contributed by atoms with van der Waals surface area (Å²) in [7, 11) is 2.01. The molecule has 0 spiro atoms. The molecule has 3 nitrogen and oxygen atoms in total. The third-order valence-electron chi connectivity index (χ3n) is 3.24. The van der Waals surface area contributed by atoms with Crippen LogP contribution in [0.4, 0.5) is 11.4 Å². The van der Waals surface area contributed by atoms with Crippen molar-refractivity contribution >= 4 is 27.3 Å². The zero-order valence-corrected chi connectivity index (χ0v) is 12.9. The molecule has 0 aliphatic rings. The van der Waals surface area contributed by atoms with Gasteiger partial charge < -0.3 is 10.6 Å². The monoisotopic (exact) mass is 329 g/mol. The van der Waals surface area contributed by atoms with Crippen LogP contribution in [0.15, 0.2) is 46.9 Å². The Bertz CT molecular complexity index is 646. The van der Waals surface area contributed by atoms with Gasteiger partial charge >= 0.3 is 0 Å². The number of likely N-dealkylation sites (N-methyl/N-ethyl adjacent to an activating group) is 1. The van der Waals surface area contributed by atoms with Crippen LogP contribution in [0.5, 0.6) is 0 Å². The Morgan fingerprint density at radius 2 is 2.00 bits per heavy atom. The molecule has 20 heavy (non-hydrogen) atoms. The minimum absolute atomic E-state index is 0.588. The molecule has 0 heterocycles. The Labute approximate surface area is 127 Å². The molecule has 0 bridgehead atoms. The van der Waals surface area contributed by atoms with Crippen LogP contribution in [0.1, 0.15) is 11.1 Å². The van der Waals surface area contributed by atoms with Crippen molar-refractivity contribution in [2.75, 3.05) is 24.2 Å². The number of hydrogen-bond donors (Lipinski definition) is 1. The Balaban J connectivity index is 2.08. The third-order valence-corrected chi connectivity index (χ3v) is 4.02. The van der Waals surface area contributed by atoms with Crippen LogP contribution >= 0.6 is 15.9 Å². The van der Waals surface area contributed by atoms with Gasteiger partial charge in [0.1, 0.15) is 0 Å². The zero-order valence-electron chi connectivity index (χ0n) is 11.3. The van der Waals surface area contributed by atoms with Gasteiger partial charge in [0.25, 0.3) is 0 Å². The molecule has 0 aliphatic carbocycles. The van der Waals surface area contributed by atoms with E-state index in [1.54, 1.807) is 12.1 Å². The van der Waals surface area contributed by atoms with Gasteiger partial charge in [0.2, 0.25) is 0 Å². The number of nitrogen functional groups attached to an aromatic ring is 1. The topological polar surface area (TPSA) is 53.0 Å². The Morgan fingerprint density at radius 3 is 2.65 bits per heavy atom. The third kappa shape index (κ3) is 3.31. The van der Waals surface area contributed by atoms with Crippen molar-refractivity contribution in [2.45, 2.75) is 6.42 Å². The molecular formula is C16H16BrN3. The molecule has 2 aromatic rings. The Hall–Kier alpha value is -1.99. The van der Waals surface area contributed by atoms with E-state index in [4.69, 9.17) is 11.0 Å². The van der Waals surface area contributed by atoms with Crippen molar-refractivity contribution in [3.05, 3.63) is 58.1 Å². The lowest BCUT2D eigenvalue weighted by Gasteiger charge is -2.21. The van der Waals surface area contributed by atoms with Gasteiger partial charge in [0.15, 0.2) is 0 Å². The zero-order chi connectivity index (χ0) is 14.5. The summed E-state index contributed by atoms with van der Waals surface area (Å²) in [6.45, 7) is 0.860. The lowest BCUT2D eigenvalue weighted by molar-refractivity contribution is 0.875. The number of halogens is 1. The van der Waals surface area contributed by atoms with E-state index in [0.29, 0.717) is 11.3 Å². The van der Waals surface area contributed by atoms with Crippen molar-refractivity contribution in [1.82, 2.24) is 0 Å². The molecule has 102 valence electrons. The smallest absolute Gasteiger partial charge is 0.0992 e. The number of anilines is 2. The molecule has 0 atom stereocenters. The molecule has 2 rings (SSSR count). The molecule has 0 amide bonds. The van der Waals surface area contributed by atoms with Gasteiger partial charge in [0, 0.05) is 18.1 Å². The maximum atomic E-state index is 8.85. The summed E-state index contributed by atoms with van der Waals surface area (Å²) in [6.07, 6.45) is 0.928. The average Bonchev–Trinajstić information content (AvgIpc) is 2.46. The largest absolute Gasteiger partial charge is 0.397 e. The van der Waals surface area contributed by atoms with Crippen LogP contribution in [0, 0.1) is 11.3 Å². The van der Waals surface area contributed by atoms with Crippen molar-refractivity contribution < 1.29 is 0 Å². The highest BCUT2D eigenvalue weighted by Crippen LogP contribution is 2.24. The van der Waals surface area contributed by atoms with Gasteiger partial charge in [-0.05, 0) is 36.2 Å². The average molecular weight is 330 g/mol. The maximum absolute atomic E-state index is 8.85. The van der Waals surface area contributed by atoms with Gasteiger partial charge in [0.05, 0.1) is 23.0 Å². The molecule has 0 saturated carbocycles. The van der Waals surface area contributed by atoms with Gasteiger partial charge in [-0.25, -0.2) is 0 Å². The number of nitriles is 1. The molecule has 0 unspecified atom stereocenters. The summed E-state index contributed by atoms with van der Waals surface area (Å²) in [4.78, 5) is 2.11. The first-order valence-corrected chi connectivity index (χ1v) is 7.15. The summed E-state index contributed by atoms with van der Waals surface area (Å²) in [5, 5.41) is 8.85. The van der Waals surface area contributed by atoms with E-state index in [1.165, 1.54) is 5.56 Å². The molecular weight excluding hydrogens is 314 g/mol. The second-order valence-corrected chi connectivity index (χ2v) is 5.50. The van der Waals surface area contributed by atoms with Crippen molar-refractivity contribution in [3.63, 3.8) is 0 Å². The van der Waals surface area contributed by atoms with Gasteiger partial charge in [-0.3, -0.25) is 0 Å². The highest BCUT2D eigenvalue weighted by Gasteiger charge is 2.07. The van der Waals surface area contributed by atoms with Gasteiger partial charge in [-0.1, -0.05) is 34.1 Å². The van der Waals surface area contributed by atoms with E-state index >= 15 is 0 Å². The second kappa shape index (κ2) is 6.44. The fraction of sp³-hybridized carbons (Fsp3) is 0.188. The number of nitrogens with two attached hydrogens (primary N) is 1. The molecule has 2 N–H and O–H groups in total. The Morgan fingerprint density at radius 1 is 1.25 bits per heavy atom. The van der Waals surface area contributed by atoms with Crippen molar-refractivity contribution in [1.29, 1.82) is 5.26 Å². The van der Waals surface area contributed by atoms with Crippen LogP contribution < -0.4 is 10.6 Å². The van der Waals surface area contributed by atoms with Crippen LogP contribution in [0.25, 0.3) is 0 Å². The molecule has 4 heteroatoms. The first-order chi connectivity index (χ1) is 9.61. The van der Waals surface area contributed by atoms with E-state index in [1.807, 2.05) is 31.3 Å². The predicted octanol–water partition coefficient (Wildman–Crippen LogP) is 3.58. The molecule has 2 aromatic carbocycles. The van der Waals surface area contributed by atoms with Crippen LogP contribution in [0.3, 0.4) is 0 Å². The number of nitrogens with zero attached hydrogens (tertiary/aromatic N) is 2. The molecule has 0 radical (unpaired) electrons. The number of rotatable bonds is 4. The molecule has 0 fully saturated rings.